The van der Waals surface area contributed by atoms with Crippen LogP contribution in [0.2, 0.25) is 0 Å². The number of benzene rings is 1. The molecule has 6 rings (SSSR count). The number of hydrogen-bond donors (Lipinski definition) is 0. The molecule has 25 heavy (non-hydrogen) atoms. The van der Waals surface area contributed by atoms with Crippen LogP contribution in [0.5, 0.6) is 0 Å². The lowest BCUT2D eigenvalue weighted by molar-refractivity contribution is -0.138. The summed E-state index contributed by atoms with van der Waals surface area (Å²) in [5.41, 5.74) is -0.730. The smallest absolute Gasteiger partial charge is 0.274 e. The molecule has 5 fully saturated rings. The van der Waals surface area contributed by atoms with Gasteiger partial charge in [-0.2, -0.15) is 13.2 Å². The maximum absolute atomic E-state index is 13.2. The Hall–Kier alpha value is -1.85. The highest BCUT2D eigenvalue weighted by Gasteiger charge is 2.68. The zero-order valence-electron chi connectivity index (χ0n) is 13.7. The number of carbonyl (C=O) groups excluding carboxylic acids is 2. The van der Waals surface area contributed by atoms with Crippen LogP contribution in [0.3, 0.4) is 0 Å². The quantitative estimate of drug-likeness (QED) is 0.724. The van der Waals surface area contributed by atoms with Gasteiger partial charge in [-0.1, -0.05) is 6.07 Å². The average molecular weight is 349 g/mol. The van der Waals surface area contributed by atoms with Crippen LogP contribution in [-0.2, 0) is 15.8 Å². The molecule has 0 N–H and O–H groups in total. The van der Waals surface area contributed by atoms with E-state index in [-0.39, 0.29) is 46.7 Å². The Morgan fingerprint density at radius 2 is 1.52 bits per heavy atom. The first kappa shape index (κ1) is 15.4. The molecule has 5 aliphatic rings. The molecule has 132 valence electrons. The largest absolute Gasteiger partial charge is 0.416 e. The number of halogens is 3. The molecule has 1 heterocycles. The second-order valence-electron chi connectivity index (χ2n) is 7.98. The van der Waals surface area contributed by atoms with Crippen molar-refractivity contribution < 1.29 is 22.8 Å². The first-order chi connectivity index (χ1) is 11.8. The molecule has 0 unspecified atom stereocenters. The zero-order valence-corrected chi connectivity index (χ0v) is 13.7. The molecule has 2 amide bonds. The molecule has 1 aliphatic heterocycles. The lowest BCUT2D eigenvalue weighted by Crippen LogP contribution is -2.43. The van der Waals surface area contributed by atoms with Gasteiger partial charge in [-0.3, -0.25) is 9.59 Å². The van der Waals surface area contributed by atoms with E-state index in [1.165, 1.54) is 19.1 Å². The Balaban J connectivity index is 1.58. The summed E-state index contributed by atoms with van der Waals surface area (Å²) in [6, 6.07) is 3.73. The van der Waals surface area contributed by atoms with Crippen molar-refractivity contribution in [2.75, 3.05) is 4.90 Å². The van der Waals surface area contributed by atoms with E-state index in [0.29, 0.717) is 11.8 Å². The number of carbonyl (C=O) groups is 2. The van der Waals surface area contributed by atoms with E-state index in [1.54, 1.807) is 0 Å². The van der Waals surface area contributed by atoms with E-state index in [1.807, 2.05) is 0 Å². The first-order valence-electron chi connectivity index (χ1n) is 8.85. The molecule has 6 atom stereocenters. The summed E-state index contributed by atoms with van der Waals surface area (Å²) in [5.74, 6) is 0.404. The maximum atomic E-state index is 13.2. The van der Waals surface area contributed by atoms with Gasteiger partial charge in [-0.25, -0.2) is 4.90 Å². The topological polar surface area (TPSA) is 37.4 Å². The third-order valence-corrected chi connectivity index (χ3v) is 7.00. The summed E-state index contributed by atoms with van der Waals surface area (Å²) in [6.07, 6.45) is -1.44. The molecule has 0 radical (unpaired) electrons. The highest BCUT2D eigenvalue weighted by molar-refractivity contribution is 6.22. The fourth-order valence-corrected chi connectivity index (χ4v) is 5.95. The van der Waals surface area contributed by atoms with Crippen LogP contribution in [0.4, 0.5) is 18.9 Å². The number of anilines is 1. The van der Waals surface area contributed by atoms with E-state index >= 15 is 0 Å². The van der Waals surface area contributed by atoms with Gasteiger partial charge in [0.15, 0.2) is 0 Å². The van der Waals surface area contributed by atoms with Crippen molar-refractivity contribution in [3.8, 4) is 0 Å². The Labute approximate surface area is 143 Å². The molecule has 1 saturated heterocycles. The van der Waals surface area contributed by atoms with Gasteiger partial charge in [0, 0.05) is 0 Å². The van der Waals surface area contributed by atoms with Gasteiger partial charge >= 0.3 is 6.18 Å². The lowest BCUT2D eigenvalue weighted by Gasteiger charge is -2.42. The van der Waals surface area contributed by atoms with Crippen molar-refractivity contribution in [2.24, 2.45) is 35.5 Å². The fraction of sp³-hybridized carbons (Fsp3) is 0.579. The van der Waals surface area contributed by atoms with Crippen molar-refractivity contribution in [2.45, 2.75) is 32.4 Å². The molecular weight excluding hydrogens is 331 g/mol. The number of imide groups is 1. The fourth-order valence-electron chi connectivity index (χ4n) is 5.95. The molecule has 1 aromatic rings. The van der Waals surface area contributed by atoms with Crippen LogP contribution in [0.15, 0.2) is 18.2 Å². The molecule has 0 aromatic heterocycles. The summed E-state index contributed by atoms with van der Waals surface area (Å²) in [7, 11) is 0. The Morgan fingerprint density at radius 3 is 2.04 bits per heavy atom. The van der Waals surface area contributed by atoms with Crippen molar-refractivity contribution in [3.63, 3.8) is 0 Å². The molecule has 3 nitrogen and oxygen atoms in total. The average Bonchev–Trinajstić information content (AvgIpc) is 3.32. The summed E-state index contributed by atoms with van der Waals surface area (Å²) in [4.78, 5) is 27.1. The molecule has 6 heteroatoms. The van der Waals surface area contributed by atoms with E-state index in [9.17, 15) is 22.8 Å². The Morgan fingerprint density at radius 1 is 0.960 bits per heavy atom. The van der Waals surface area contributed by atoms with Gasteiger partial charge in [0.05, 0.1) is 23.1 Å². The number of rotatable bonds is 1. The van der Waals surface area contributed by atoms with Crippen LogP contribution >= 0.6 is 0 Å². The van der Waals surface area contributed by atoms with E-state index in [4.69, 9.17) is 0 Å². The van der Waals surface area contributed by atoms with Crippen molar-refractivity contribution in [3.05, 3.63) is 29.3 Å². The van der Waals surface area contributed by atoms with Crippen molar-refractivity contribution in [1.82, 2.24) is 0 Å². The number of alkyl halides is 3. The molecular formula is C19H18F3NO2. The van der Waals surface area contributed by atoms with Crippen LogP contribution in [-0.4, -0.2) is 11.8 Å². The zero-order chi connectivity index (χ0) is 17.7. The van der Waals surface area contributed by atoms with Gasteiger partial charge in [0.2, 0.25) is 11.8 Å². The van der Waals surface area contributed by atoms with Crippen LogP contribution in [0.1, 0.15) is 30.4 Å². The SMILES string of the molecule is Cc1c(N2C(=O)[C@@H]3[C@@H]4CC[C@@H]([C@@H]5C[C@@H]54)[C@@H]3C2=O)cccc1C(F)(F)F. The third kappa shape index (κ3) is 1.88. The summed E-state index contributed by atoms with van der Waals surface area (Å²) < 4.78 is 39.6. The van der Waals surface area contributed by atoms with E-state index in [0.717, 1.165) is 30.2 Å². The highest BCUT2D eigenvalue weighted by Crippen LogP contribution is 2.68. The molecule has 4 aliphatic carbocycles. The first-order valence-corrected chi connectivity index (χ1v) is 8.85. The number of amides is 2. The van der Waals surface area contributed by atoms with Crippen LogP contribution in [0.25, 0.3) is 0 Å². The van der Waals surface area contributed by atoms with Crippen LogP contribution in [0, 0.1) is 42.4 Å². The second-order valence-corrected chi connectivity index (χ2v) is 7.98. The minimum Gasteiger partial charge on any atom is -0.274 e. The minimum atomic E-state index is -4.50. The monoisotopic (exact) mass is 349 g/mol. The van der Waals surface area contributed by atoms with Gasteiger partial charge in [0.1, 0.15) is 0 Å². The molecule has 2 bridgehead atoms. The standard InChI is InChI=1S/C19H18F3NO2/c1-8-13(19(20,21)22)3-2-4-14(8)23-17(24)15-9-5-6-10(12-7-11(9)12)16(15)18(23)25/h2-4,9-12,15-16H,5-7H2,1H3/t9-,10+,11-,12+,15-,16+. The van der Waals surface area contributed by atoms with Gasteiger partial charge in [-0.05, 0) is 67.6 Å². The predicted molar refractivity (Wildman–Crippen MR) is 83.5 cm³/mol. The highest BCUT2D eigenvalue weighted by atomic mass is 19.4. The number of fused-ring (bicyclic) bond motifs is 1. The summed E-state index contributed by atoms with van der Waals surface area (Å²) >= 11 is 0. The van der Waals surface area contributed by atoms with Crippen molar-refractivity contribution in [1.29, 1.82) is 0 Å². The van der Waals surface area contributed by atoms with E-state index in [2.05, 4.69) is 0 Å². The number of hydrogen-bond acceptors (Lipinski definition) is 2. The van der Waals surface area contributed by atoms with Crippen molar-refractivity contribution >= 4 is 17.5 Å². The minimum absolute atomic E-state index is 0.0483. The van der Waals surface area contributed by atoms with E-state index < -0.39 is 11.7 Å². The summed E-state index contributed by atoms with van der Waals surface area (Å²) in [5, 5.41) is 0. The predicted octanol–water partition coefficient (Wildman–Crippen LogP) is 3.80. The Bertz CT molecular complexity index is 768. The van der Waals surface area contributed by atoms with Crippen LogP contribution < -0.4 is 4.90 Å². The number of nitrogens with zero attached hydrogens (tertiary/aromatic N) is 1. The lowest BCUT2D eigenvalue weighted by atomic mass is 9.59. The Kier molecular flexibility index (Phi) is 2.87. The van der Waals surface area contributed by atoms with Gasteiger partial charge in [-0.15, -0.1) is 0 Å². The third-order valence-electron chi connectivity index (χ3n) is 7.00. The molecule has 0 spiro atoms. The van der Waals surface area contributed by atoms with Gasteiger partial charge < -0.3 is 0 Å². The van der Waals surface area contributed by atoms with Gasteiger partial charge in [0.25, 0.3) is 0 Å². The molecule has 1 aromatic carbocycles. The normalized spacial score (nSPS) is 38.8. The maximum Gasteiger partial charge on any atom is 0.416 e. The summed E-state index contributed by atoms with van der Waals surface area (Å²) in [6.45, 7) is 1.34. The second kappa shape index (κ2) is 4.65. The molecule has 4 saturated carbocycles.